The van der Waals surface area contributed by atoms with Crippen molar-refractivity contribution in [3.8, 4) is 5.75 Å². The molecular formula is C18H25BrN2O. The predicted molar refractivity (Wildman–Crippen MR) is 94.7 cm³/mol. The van der Waals surface area contributed by atoms with Gasteiger partial charge in [0.25, 0.3) is 0 Å². The molecule has 1 aromatic rings. The molecule has 0 bridgehead atoms. The summed E-state index contributed by atoms with van der Waals surface area (Å²) in [5.74, 6) is 2.25. The van der Waals surface area contributed by atoms with Crippen molar-refractivity contribution in [2.45, 2.75) is 44.4 Å². The summed E-state index contributed by atoms with van der Waals surface area (Å²) in [6.45, 7) is 1.08. The van der Waals surface area contributed by atoms with Crippen LogP contribution >= 0.6 is 15.9 Å². The van der Waals surface area contributed by atoms with Crippen LogP contribution in [-0.4, -0.2) is 31.4 Å². The van der Waals surface area contributed by atoms with E-state index in [2.05, 4.69) is 46.2 Å². The van der Waals surface area contributed by atoms with Crippen LogP contribution < -0.4 is 4.74 Å². The first-order valence-electron chi connectivity index (χ1n) is 8.29. The summed E-state index contributed by atoms with van der Waals surface area (Å²) in [4.78, 5) is 0. The lowest BCUT2D eigenvalue weighted by molar-refractivity contribution is 0.392. The topological polar surface area (TPSA) is 24.8 Å². The average Bonchev–Trinajstić information content (AvgIpc) is 2.81. The van der Waals surface area contributed by atoms with Crippen molar-refractivity contribution in [2.75, 3.05) is 20.7 Å². The van der Waals surface area contributed by atoms with Gasteiger partial charge < -0.3 is 4.74 Å². The third kappa shape index (κ3) is 3.48. The lowest BCUT2D eigenvalue weighted by atomic mass is 9.84. The van der Waals surface area contributed by atoms with Crippen molar-refractivity contribution in [1.29, 1.82) is 0 Å². The molecule has 2 aliphatic rings. The van der Waals surface area contributed by atoms with Crippen molar-refractivity contribution >= 4 is 21.6 Å². The molecule has 1 saturated carbocycles. The molecule has 1 aliphatic heterocycles. The van der Waals surface area contributed by atoms with E-state index in [1.54, 1.807) is 7.11 Å². The molecule has 1 aromatic carbocycles. The molecule has 2 unspecified atom stereocenters. The third-order valence-corrected chi connectivity index (χ3v) is 5.51. The summed E-state index contributed by atoms with van der Waals surface area (Å²) in [6.07, 6.45) is 7.54. The van der Waals surface area contributed by atoms with Gasteiger partial charge in [0.1, 0.15) is 5.75 Å². The highest BCUT2D eigenvalue weighted by Gasteiger charge is 2.28. The van der Waals surface area contributed by atoms with Gasteiger partial charge in [0.2, 0.25) is 0 Å². The van der Waals surface area contributed by atoms with Gasteiger partial charge in [-0.05, 0) is 48.8 Å². The molecule has 0 amide bonds. The standard InChI is InChI=1S/C18H25BrN2O/c1-21-10-9-17(20-21)14-6-4-3-5-13(11-14)16-8-7-15(19)12-18(16)22-2/h7-8,12-14H,3-6,9-11H2,1-2H3. The van der Waals surface area contributed by atoms with E-state index in [9.17, 15) is 0 Å². The fraction of sp³-hybridized carbons (Fsp3) is 0.611. The van der Waals surface area contributed by atoms with Gasteiger partial charge in [0.05, 0.1) is 7.11 Å². The van der Waals surface area contributed by atoms with Crippen LogP contribution in [0.4, 0.5) is 0 Å². The first-order chi connectivity index (χ1) is 10.7. The Morgan fingerprint density at radius 1 is 1.23 bits per heavy atom. The van der Waals surface area contributed by atoms with Crippen LogP contribution in [0.15, 0.2) is 27.8 Å². The van der Waals surface area contributed by atoms with E-state index < -0.39 is 0 Å². The Kier molecular flexibility index (Phi) is 5.07. The van der Waals surface area contributed by atoms with Gasteiger partial charge in [-0.25, -0.2) is 0 Å². The van der Waals surface area contributed by atoms with Crippen molar-refractivity contribution in [3.63, 3.8) is 0 Å². The molecule has 0 aromatic heterocycles. The van der Waals surface area contributed by atoms with E-state index in [4.69, 9.17) is 9.84 Å². The number of methoxy groups -OCH3 is 1. The maximum Gasteiger partial charge on any atom is 0.123 e. The Balaban J connectivity index is 1.82. The Labute approximate surface area is 141 Å². The van der Waals surface area contributed by atoms with E-state index in [0.717, 1.165) is 23.2 Å². The SMILES string of the molecule is COc1cc(Br)ccc1C1CCCCC(C2=NN(C)CC2)C1. The Hall–Kier alpha value is -1.03. The van der Waals surface area contributed by atoms with E-state index in [-0.39, 0.29) is 0 Å². The number of hydrogen-bond acceptors (Lipinski definition) is 3. The number of hydrogen-bond donors (Lipinski definition) is 0. The van der Waals surface area contributed by atoms with Crippen molar-refractivity contribution in [3.05, 3.63) is 28.2 Å². The molecule has 22 heavy (non-hydrogen) atoms. The van der Waals surface area contributed by atoms with Gasteiger partial charge >= 0.3 is 0 Å². The molecule has 4 heteroatoms. The summed E-state index contributed by atoms with van der Waals surface area (Å²) in [5.41, 5.74) is 2.79. The minimum Gasteiger partial charge on any atom is -0.496 e. The quantitative estimate of drug-likeness (QED) is 0.718. The molecule has 120 valence electrons. The zero-order chi connectivity index (χ0) is 15.5. The third-order valence-electron chi connectivity index (χ3n) is 5.02. The number of benzene rings is 1. The zero-order valence-electron chi connectivity index (χ0n) is 13.5. The first kappa shape index (κ1) is 15.9. The lowest BCUT2D eigenvalue weighted by Gasteiger charge is -2.22. The molecule has 1 fully saturated rings. The van der Waals surface area contributed by atoms with Crippen LogP contribution in [0.25, 0.3) is 0 Å². The summed E-state index contributed by atoms with van der Waals surface area (Å²) >= 11 is 3.54. The minimum atomic E-state index is 0.587. The van der Waals surface area contributed by atoms with Crippen LogP contribution in [0.3, 0.4) is 0 Å². The molecule has 3 rings (SSSR count). The fourth-order valence-corrected chi connectivity index (χ4v) is 4.19. The first-order valence-corrected chi connectivity index (χ1v) is 9.08. The van der Waals surface area contributed by atoms with E-state index >= 15 is 0 Å². The Morgan fingerprint density at radius 2 is 2.00 bits per heavy atom. The van der Waals surface area contributed by atoms with Crippen LogP contribution in [0.1, 0.15) is 50.0 Å². The van der Waals surface area contributed by atoms with Gasteiger partial charge in [0.15, 0.2) is 0 Å². The highest BCUT2D eigenvalue weighted by atomic mass is 79.9. The Bertz CT molecular complexity index is 558. The molecule has 1 heterocycles. The number of hydrazone groups is 1. The van der Waals surface area contributed by atoms with Crippen molar-refractivity contribution < 1.29 is 4.74 Å². The second-order valence-electron chi connectivity index (χ2n) is 6.52. The fourth-order valence-electron chi connectivity index (χ4n) is 3.85. The molecule has 3 nitrogen and oxygen atoms in total. The molecule has 0 saturated heterocycles. The smallest absolute Gasteiger partial charge is 0.123 e. The summed E-state index contributed by atoms with van der Waals surface area (Å²) in [7, 11) is 3.86. The van der Waals surface area contributed by atoms with Gasteiger partial charge in [-0.3, -0.25) is 5.01 Å². The predicted octanol–water partition coefficient (Wildman–Crippen LogP) is 4.81. The van der Waals surface area contributed by atoms with E-state index in [1.807, 2.05) is 0 Å². The van der Waals surface area contributed by atoms with E-state index in [1.165, 1.54) is 43.4 Å². The van der Waals surface area contributed by atoms with Gasteiger partial charge in [0, 0.05) is 30.2 Å². The van der Waals surface area contributed by atoms with E-state index in [0.29, 0.717) is 11.8 Å². The highest BCUT2D eigenvalue weighted by Crippen LogP contribution is 2.40. The highest BCUT2D eigenvalue weighted by molar-refractivity contribution is 9.10. The number of rotatable bonds is 3. The molecule has 2 atom stereocenters. The second kappa shape index (κ2) is 7.03. The number of ether oxygens (including phenoxy) is 1. The van der Waals surface area contributed by atoms with Crippen LogP contribution in [0.2, 0.25) is 0 Å². The number of nitrogens with zero attached hydrogens (tertiary/aromatic N) is 2. The summed E-state index contributed by atoms with van der Waals surface area (Å²) < 4.78 is 6.71. The minimum absolute atomic E-state index is 0.587. The molecular weight excluding hydrogens is 340 g/mol. The Morgan fingerprint density at radius 3 is 2.68 bits per heavy atom. The van der Waals surface area contributed by atoms with Gasteiger partial charge in [-0.1, -0.05) is 34.8 Å². The van der Waals surface area contributed by atoms with Crippen molar-refractivity contribution in [1.82, 2.24) is 5.01 Å². The zero-order valence-corrected chi connectivity index (χ0v) is 15.1. The maximum atomic E-state index is 5.63. The average molecular weight is 365 g/mol. The van der Waals surface area contributed by atoms with Crippen LogP contribution in [0, 0.1) is 5.92 Å². The van der Waals surface area contributed by atoms with Crippen LogP contribution in [0.5, 0.6) is 5.75 Å². The maximum absolute atomic E-state index is 5.63. The second-order valence-corrected chi connectivity index (χ2v) is 7.44. The molecule has 0 radical (unpaired) electrons. The molecule has 0 N–H and O–H groups in total. The number of halogens is 1. The lowest BCUT2D eigenvalue weighted by Crippen LogP contribution is -2.15. The normalized spacial score (nSPS) is 25.8. The largest absolute Gasteiger partial charge is 0.496 e. The van der Waals surface area contributed by atoms with Gasteiger partial charge in [-0.15, -0.1) is 0 Å². The molecule has 0 spiro atoms. The summed E-state index contributed by atoms with van der Waals surface area (Å²) in [6, 6.07) is 6.47. The monoisotopic (exact) mass is 364 g/mol. The van der Waals surface area contributed by atoms with Crippen LogP contribution in [-0.2, 0) is 0 Å². The van der Waals surface area contributed by atoms with Gasteiger partial charge in [-0.2, -0.15) is 5.10 Å². The molecule has 1 aliphatic carbocycles. The summed E-state index contributed by atoms with van der Waals surface area (Å²) in [5, 5.41) is 6.84. The van der Waals surface area contributed by atoms with Crippen molar-refractivity contribution in [2.24, 2.45) is 11.0 Å².